The first-order chi connectivity index (χ1) is 12.7. The van der Waals surface area contributed by atoms with Gasteiger partial charge in [-0.1, -0.05) is 24.3 Å². The van der Waals surface area contributed by atoms with Gasteiger partial charge in [0.25, 0.3) is 0 Å². The molecule has 0 saturated carbocycles. The molecule has 0 radical (unpaired) electrons. The third-order valence-corrected chi connectivity index (χ3v) is 5.01. The van der Waals surface area contributed by atoms with E-state index in [-0.39, 0.29) is 0 Å². The third-order valence-electron chi connectivity index (χ3n) is 5.01. The summed E-state index contributed by atoms with van der Waals surface area (Å²) >= 11 is 0. The lowest BCUT2D eigenvalue weighted by atomic mass is 10.1. The molecule has 1 atom stereocenters. The van der Waals surface area contributed by atoms with Crippen LogP contribution in [0.15, 0.2) is 48.5 Å². The van der Waals surface area contributed by atoms with Gasteiger partial charge in [0.2, 0.25) is 0 Å². The normalized spacial score (nSPS) is 16.8. The summed E-state index contributed by atoms with van der Waals surface area (Å²) in [5, 5.41) is 3.52. The fraction of sp³-hybridized carbons (Fsp3) is 0.333. The summed E-state index contributed by atoms with van der Waals surface area (Å²) in [5.74, 6) is 2.41. The van der Waals surface area contributed by atoms with Gasteiger partial charge >= 0.3 is 0 Å². The van der Waals surface area contributed by atoms with Gasteiger partial charge in [-0.05, 0) is 43.5 Å². The van der Waals surface area contributed by atoms with Crippen LogP contribution in [0.4, 0.5) is 11.5 Å². The van der Waals surface area contributed by atoms with Gasteiger partial charge in [0, 0.05) is 19.6 Å². The van der Waals surface area contributed by atoms with Crippen molar-refractivity contribution in [3.63, 3.8) is 0 Å². The second-order valence-electron chi connectivity index (χ2n) is 6.80. The number of nitrogens with zero attached hydrogens (tertiary/aromatic N) is 3. The van der Waals surface area contributed by atoms with Crippen molar-refractivity contribution in [2.24, 2.45) is 5.92 Å². The number of aryl methyl sites for hydroxylation is 1. The molecule has 5 nitrogen and oxygen atoms in total. The lowest BCUT2D eigenvalue weighted by Crippen LogP contribution is -2.23. The highest BCUT2D eigenvalue weighted by atomic mass is 16.5. The Balaban J connectivity index is 1.42. The Bertz CT molecular complexity index is 911. The van der Waals surface area contributed by atoms with Gasteiger partial charge in [-0.3, -0.25) is 0 Å². The minimum absolute atomic E-state index is 0.576. The van der Waals surface area contributed by atoms with E-state index in [1.54, 1.807) is 7.11 Å². The molecule has 1 aliphatic heterocycles. The summed E-state index contributed by atoms with van der Waals surface area (Å²) in [6.07, 6.45) is 1.16. The van der Waals surface area contributed by atoms with Gasteiger partial charge in [-0.25, -0.2) is 9.97 Å². The van der Waals surface area contributed by atoms with Crippen molar-refractivity contribution < 1.29 is 4.74 Å². The largest absolute Gasteiger partial charge is 0.495 e. The zero-order chi connectivity index (χ0) is 17.9. The second kappa shape index (κ2) is 7.20. The van der Waals surface area contributed by atoms with Crippen LogP contribution in [0.5, 0.6) is 5.75 Å². The van der Waals surface area contributed by atoms with Crippen LogP contribution < -0.4 is 15.0 Å². The van der Waals surface area contributed by atoms with Gasteiger partial charge in [-0.15, -0.1) is 0 Å². The van der Waals surface area contributed by atoms with Crippen molar-refractivity contribution in [1.29, 1.82) is 0 Å². The molecule has 2 heterocycles. The molecule has 1 fully saturated rings. The molecule has 0 bridgehead atoms. The van der Waals surface area contributed by atoms with Crippen LogP contribution >= 0.6 is 0 Å². The molecule has 1 saturated heterocycles. The van der Waals surface area contributed by atoms with E-state index in [0.29, 0.717) is 5.92 Å². The highest BCUT2D eigenvalue weighted by molar-refractivity contribution is 5.76. The molecule has 0 spiro atoms. The molecule has 1 aliphatic rings. The first kappa shape index (κ1) is 16.6. The average molecular weight is 348 g/mol. The van der Waals surface area contributed by atoms with Crippen LogP contribution in [0.25, 0.3) is 11.0 Å². The number of rotatable bonds is 5. The zero-order valence-corrected chi connectivity index (χ0v) is 15.3. The maximum absolute atomic E-state index is 5.50. The number of anilines is 2. The maximum atomic E-state index is 5.50. The van der Waals surface area contributed by atoms with E-state index in [4.69, 9.17) is 9.72 Å². The van der Waals surface area contributed by atoms with Crippen LogP contribution in [0.1, 0.15) is 12.1 Å². The van der Waals surface area contributed by atoms with Crippen LogP contribution in [0.3, 0.4) is 0 Å². The number of hydrogen-bond donors (Lipinski definition) is 1. The minimum atomic E-state index is 0.576. The summed E-state index contributed by atoms with van der Waals surface area (Å²) in [4.78, 5) is 11.8. The Kier molecular flexibility index (Phi) is 4.61. The standard InChI is InChI=1S/C21H24N4O/c1-15-21(24-18-8-4-3-7-17(18)23-15)22-13-16-11-12-25(14-16)19-9-5-6-10-20(19)26-2/h3-10,16H,11-14H2,1-2H3,(H,22,24)/t16-/m0/s1. The third kappa shape index (κ3) is 3.29. The monoisotopic (exact) mass is 348 g/mol. The smallest absolute Gasteiger partial charge is 0.148 e. The number of fused-ring (bicyclic) bond motifs is 1. The molecule has 26 heavy (non-hydrogen) atoms. The van der Waals surface area contributed by atoms with Gasteiger partial charge in [-0.2, -0.15) is 0 Å². The minimum Gasteiger partial charge on any atom is -0.495 e. The summed E-state index contributed by atoms with van der Waals surface area (Å²) in [5.41, 5.74) is 4.00. The first-order valence-electron chi connectivity index (χ1n) is 9.10. The summed E-state index contributed by atoms with van der Waals surface area (Å²) in [6.45, 7) is 4.99. The second-order valence-corrected chi connectivity index (χ2v) is 6.80. The Hall–Kier alpha value is -2.82. The predicted molar refractivity (Wildman–Crippen MR) is 106 cm³/mol. The van der Waals surface area contributed by atoms with E-state index in [0.717, 1.165) is 54.3 Å². The lowest BCUT2D eigenvalue weighted by Gasteiger charge is -2.21. The van der Waals surface area contributed by atoms with Crippen molar-refractivity contribution in [3.05, 3.63) is 54.2 Å². The quantitative estimate of drug-likeness (QED) is 0.758. The summed E-state index contributed by atoms with van der Waals surface area (Å²) < 4.78 is 5.50. The zero-order valence-electron chi connectivity index (χ0n) is 15.3. The Morgan fingerprint density at radius 1 is 1.08 bits per heavy atom. The van der Waals surface area contributed by atoms with E-state index in [9.17, 15) is 0 Å². The number of para-hydroxylation sites is 4. The van der Waals surface area contributed by atoms with Gasteiger partial charge in [0.1, 0.15) is 11.6 Å². The Morgan fingerprint density at radius 3 is 2.62 bits per heavy atom. The lowest BCUT2D eigenvalue weighted by molar-refractivity contribution is 0.414. The molecule has 0 amide bonds. The van der Waals surface area contributed by atoms with Crippen LogP contribution in [-0.4, -0.2) is 36.7 Å². The molecular weight excluding hydrogens is 324 g/mol. The van der Waals surface area contributed by atoms with Crippen molar-refractivity contribution in [2.75, 3.05) is 37.0 Å². The molecule has 4 rings (SSSR count). The van der Waals surface area contributed by atoms with Crippen molar-refractivity contribution in [1.82, 2.24) is 9.97 Å². The molecule has 0 unspecified atom stereocenters. The maximum Gasteiger partial charge on any atom is 0.148 e. The fourth-order valence-electron chi connectivity index (χ4n) is 3.61. The number of aromatic nitrogens is 2. The predicted octanol–water partition coefficient (Wildman–Crippen LogP) is 3.89. The molecule has 0 aliphatic carbocycles. The van der Waals surface area contributed by atoms with Crippen molar-refractivity contribution >= 4 is 22.5 Å². The number of benzene rings is 2. The van der Waals surface area contributed by atoms with E-state index >= 15 is 0 Å². The van der Waals surface area contributed by atoms with Gasteiger partial charge in [0.15, 0.2) is 0 Å². The van der Waals surface area contributed by atoms with Crippen LogP contribution in [0, 0.1) is 12.8 Å². The van der Waals surface area contributed by atoms with E-state index < -0.39 is 0 Å². The number of nitrogens with one attached hydrogen (secondary N) is 1. The topological polar surface area (TPSA) is 50.3 Å². The molecule has 1 N–H and O–H groups in total. The van der Waals surface area contributed by atoms with Crippen LogP contribution in [0.2, 0.25) is 0 Å². The SMILES string of the molecule is COc1ccccc1N1CC[C@@H](CNc2nc3ccccc3nc2C)C1. The van der Waals surface area contributed by atoms with Gasteiger partial charge in [0.05, 0.1) is 29.5 Å². The van der Waals surface area contributed by atoms with E-state index in [1.165, 1.54) is 5.69 Å². The molecule has 3 aromatic rings. The van der Waals surface area contributed by atoms with E-state index in [1.807, 2.05) is 43.3 Å². The van der Waals surface area contributed by atoms with Crippen LogP contribution in [-0.2, 0) is 0 Å². The molecular formula is C21H24N4O. The molecule has 134 valence electrons. The average Bonchev–Trinajstić information content (AvgIpc) is 3.15. The molecule has 1 aromatic heterocycles. The summed E-state index contributed by atoms with van der Waals surface area (Å²) in [7, 11) is 1.73. The van der Waals surface area contributed by atoms with Gasteiger partial charge < -0.3 is 15.0 Å². The van der Waals surface area contributed by atoms with Crippen molar-refractivity contribution in [3.8, 4) is 5.75 Å². The Morgan fingerprint density at radius 2 is 1.81 bits per heavy atom. The number of hydrogen-bond acceptors (Lipinski definition) is 5. The molecule has 2 aromatic carbocycles. The van der Waals surface area contributed by atoms with Crippen molar-refractivity contribution in [2.45, 2.75) is 13.3 Å². The fourth-order valence-corrected chi connectivity index (χ4v) is 3.61. The Labute approximate surface area is 154 Å². The van der Waals surface area contributed by atoms with E-state index in [2.05, 4.69) is 27.3 Å². The molecule has 5 heteroatoms. The number of methoxy groups -OCH3 is 1. The highest BCUT2D eigenvalue weighted by Gasteiger charge is 2.24. The highest BCUT2D eigenvalue weighted by Crippen LogP contribution is 2.32. The first-order valence-corrected chi connectivity index (χ1v) is 9.10. The number of ether oxygens (including phenoxy) is 1. The summed E-state index contributed by atoms with van der Waals surface area (Å²) in [6, 6.07) is 16.2.